The standard InChI is InChI=1S/C56H106N2O6/c1-5-9-13-17-21-26-32-36-49(37-33-27-22-18-14-10-6-2)47-62-53(59)40-34-28-23-29-35-41-58-56(55(61)64-52-45-57-46-52)43-51(44-56)42-54(60)63-48-50(38-30-24-19-15-11-7-3)39-31-25-20-16-12-8-4/h49-52,57-58H,5-48H2,1-4H3. The van der Waals surface area contributed by atoms with E-state index >= 15 is 0 Å². The van der Waals surface area contributed by atoms with Crippen LogP contribution in [0.2, 0.25) is 0 Å². The van der Waals surface area contributed by atoms with Crippen LogP contribution in [0.3, 0.4) is 0 Å². The molecule has 64 heavy (non-hydrogen) atoms. The minimum absolute atomic E-state index is 0.0301. The van der Waals surface area contributed by atoms with Crippen LogP contribution in [-0.4, -0.2) is 62.4 Å². The summed E-state index contributed by atoms with van der Waals surface area (Å²) in [5.74, 6) is 0.796. The van der Waals surface area contributed by atoms with E-state index in [-0.39, 0.29) is 29.9 Å². The molecule has 0 aromatic rings. The maximum atomic E-state index is 13.5. The van der Waals surface area contributed by atoms with Crippen molar-refractivity contribution in [1.82, 2.24) is 10.6 Å². The summed E-state index contributed by atoms with van der Waals surface area (Å²) in [6.45, 7) is 12.4. The van der Waals surface area contributed by atoms with Crippen LogP contribution in [0.25, 0.3) is 0 Å². The average molecular weight is 903 g/mol. The van der Waals surface area contributed by atoms with Gasteiger partial charge >= 0.3 is 17.9 Å². The van der Waals surface area contributed by atoms with E-state index in [1.807, 2.05) is 0 Å². The summed E-state index contributed by atoms with van der Waals surface area (Å²) in [5.41, 5.74) is -0.705. The van der Waals surface area contributed by atoms with Gasteiger partial charge in [0, 0.05) is 25.9 Å². The molecule has 0 radical (unpaired) electrons. The van der Waals surface area contributed by atoms with Crippen molar-refractivity contribution < 1.29 is 28.6 Å². The fraction of sp³-hybridized carbons (Fsp3) is 0.946. The molecule has 0 aromatic heterocycles. The highest BCUT2D eigenvalue weighted by Gasteiger charge is 2.52. The molecule has 1 aliphatic carbocycles. The first-order chi connectivity index (χ1) is 31.4. The lowest BCUT2D eigenvalue weighted by atomic mass is 9.66. The second-order valence-corrected chi connectivity index (χ2v) is 20.7. The van der Waals surface area contributed by atoms with Crippen LogP contribution >= 0.6 is 0 Å². The molecule has 0 unspecified atom stereocenters. The Labute approximate surface area is 396 Å². The van der Waals surface area contributed by atoms with Crippen molar-refractivity contribution in [3.8, 4) is 0 Å². The first kappa shape index (κ1) is 58.5. The molecule has 2 aliphatic rings. The zero-order valence-electron chi connectivity index (χ0n) is 42.9. The molecule has 376 valence electrons. The quantitative estimate of drug-likeness (QED) is 0.0354. The van der Waals surface area contributed by atoms with Gasteiger partial charge in [0.25, 0.3) is 0 Å². The van der Waals surface area contributed by atoms with E-state index in [0.29, 0.717) is 63.8 Å². The number of unbranched alkanes of at least 4 members (excludes halogenated alkanes) is 26. The molecule has 0 atom stereocenters. The van der Waals surface area contributed by atoms with Gasteiger partial charge in [0.1, 0.15) is 11.6 Å². The van der Waals surface area contributed by atoms with Gasteiger partial charge < -0.3 is 24.8 Å². The summed E-state index contributed by atoms with van der Waals surface area (Å²) in [7, 11) is 0. The van der Waals surface area contributed by atoms with Gasteiger partial charge in [-0.1, -0.05) is 214 Å². The van der Waals surface area contributed by atoms with E-state index in [1.54, 1.807) is 0 Å². The highest BCUT2D eigenvalue weighted by molar-refractivity contribution is 5.83. The summed E-state index contributed by atoms with van der Waals surface area (Å²) in [4.78, 5) is 39.4. The van der Waals surface area contributed by atoms with E-state index in [1.165, 1.54) is 180 Å². The Balaban J connectivity index is 1.69. The number of nitrogens with one attached hydrogen (secondary N) is 2. The largest absolute Gasteiger partial charge is 0.465 e. The molecule has 1 heterocycles. The molecule has 8 nitrogen and oxygen atoms in total. The Morgan fingerprint density at radius 3 is 1.28 bits per heavy atom. The number of hydrogen-bond donors (Lipinski definition) is 2. The average Bonchev–Trinajstić information content (AvgIpc) is 3.26. The zero-order chi connectivity index (χ0) is 46.2. The van der Waals surface area contributed by atoms with E-state index in [0.717, 1.165) is 51.5 Å². The maximum Gasteiger partial charge on any atom is 0.326 e. The fourth-order valence-electron chi connectivity index (χ4n) is 9.93. The number of carbonyl (C=O) groups excluding carboxylic acids is 3. The van der Waals surface area contributed by atoms with Crippen molar-refractivity contribution in [3.63, 3.8) is 0 Å². The van der Waals surface area contributed by atoms with Gasteiger partial charge in [-0.25, -0.2) is 0 Å². The lowest BCUT2D eigenvalue weighted by Crippen LogP contribution is -2.64. The van der Waals surface area contributed by atoms with Crippen LogP contribution in [0.5, 0.6) is 0 Å². The molecule has 1 saturated carbocycles. The van der Waals surface area contributed by atoms with Gasteiger partial charge in [0.05, 0.1) is 13.2 Å². The molecule has 1 aliphatic heterocycles. The molecule has 0 aromatic carbocycles. The Bertz CT molecular complexity index is 1070. The molecule has 0 bridgehead atoms. The number of esters is 3. The van der Waals surface area contributed by atoms with Crippen molar-refractivity contribution in [2.45, 2.75) is 290 Å². The van der Waals surface area contributed by atoms with Crippen LogP contribution in [-0.2, 0) is 28.6 Å². The molecule has 2 N–H and O–H groups in total. The number of ether oxygens (including phenoxy) is 3. The molecular weight excluding hydrogens is 797 g/mol. The lowest BCUT2D eigenvalue weighted by Gasteiger charge is -2.47. The highest BCUT2D eigenvalue weighted by atomic mass is 16.6. The van der Waals surface area contributed by atoms with E-state index in [4.69, 9.17) is 14.2 Å². The van der Waals surface area contributed by atoms with Crippen molar-refractivity contribution in [2.75, 3.05) is 32.8 Å². The second-order valence-electron chi connectivity index (χ2n) is 20.7. The third-order valence-corrected chi connectivity index (χ3v) is 14.5. The van der Waals surface area contributed by atoms with Crippen LogP contribution in [0, 0.1) is 17.8 Å². The minimum atomic E-state index is -0.705. The topological polar surface area (TPSA) is 103 Å². The van der Waals surface area contributed by atoms with Crippen molar-refractivity contribution in [3.05, 3.63) is 0 Å². The summed E-state index contributed by atoms with van der Waals surface area (Å²) in [6, 6.07) is 0. The van der Waals surface area contributed by atoms with Crippen LogP contribution in [0.1, 0.15) is 278 Å². The smallest absolute Gasteiger partial charge is 0.326 e. The lowest BCUT2D eigenvalue weighted by molar-refractivity contribution is -0.168. The Morgan fingerprint density at radius 2 is 0.875 bits per heavy atom. The van der Waals surface area contributed by atoms with Crippen molar-refractivity contribution in [1.29, 1.82) is 0 Å². The molecule has 0 spiro atoms. The molecule has 8 heteroatoms. The fourth-order valence-corrected chi connectivity index (χ4v) is 9.93. The first-order valence-corrected chi connectivity index (χ1v) is 28.3. The van der Waals surface area contributed by atoms with E-state index in [2.05, 4.69) is 38.3 Å². The number of hydrogen-bond acceptors (Lipinski definition) is 8. The van der Waals surface area contributed by atoms with E-state index < -0.39 is 5.54 Å². The van der Waals surface area contributed by atoms with Crippen molar-refractivity contribution in [2.24, 2.45) is 17.8 Å². The van der Waals surface area contributed by atoms with Crippen LogP contribution in [0.15, 0.2) is 0 Å². The normalized spacial score (nSPS) is 17.4. The van der Waals surface area contributed by atoms with Crippen LogP contribution < -0.4 is 10.6 Å². The van der Waals surface area contributed by atoms with Gasteiger partial charge in [-0.3, -0.25) is 14.4 Å². The van der Waals surface area contributed by atoms with Gasteiger partial charge in [-0.05, 0) is 75.7 Å². The van der Waals surface area contributed by atoms with Gasteiger partial charge in [0.2, 0.25) is 0 Å². The Hall–Kier alpha value is -1.67. The first-order valence-electron chi connectivity index (χ1n) is 28.3. The summed E-state index contributed by atoms with van der Waals surface area (Å²) in [6.07, 6.45) is 45.8. The maximum absolute atomic E-state index is 13.5. The Kier molecular flexibility index (Phi) is 36.9. The Morgan fingerprint density at radius 1 is 0.500 bits per heavy atom. The SMILES string of the molecule is CCCCCCCCCC(CCCCCCCCC)COC(=O)CCCCCCCNC1(C(=O)OC2CNC2)CC(CC(=O)OCC(CCCCCCCC)CCCCCCCC)C1. The second kappa shape index (κ2) is 40.4. The predicted octanol–water partition coefficient (Wildman–Crippen LogP) is 15.1. The third-order valence-electron chi connectivity index (χ3n) is 14.5. The molecule has 0 amide bonds. The van der Waals surface area contributed by atoms with Gasteiger partial charge in [-0.15, -0.1) is 0 Å². The minimum Gasteiger partial charge on any atom is -0.465 e. The molecule has 2 fully saturated rings. The third kappa shape index (κ3) is 29.9. The number of carbonyl (C=O) groups is 3. The molecule has 1 saturated heterocycles. The summed E-state index contributed by atoms with van der Waals surface area (Å²) >= 11 is 0. The van der Waals surface area contributed by atoms with Crippen LogP contribution in [0.4, 0.5) is 0 Å². The van der Waals surface area contributed by atoms with Crippen molar-refractivity contribution >= 4 is 17.9 Å². The highest BCUT2D eigenvalue weighted by Crippen LogP contribution is 2.41. The van der Waals surface area contributed by atoms with E-state index in [9.17, 15) is 14.4 Å². The monoisotopic (exact) mass is 903 g/mol. The zero-order valence-corrected chi connectivity index (χ0v) is 42.9. The number of rotatable bonds is 47. The summed E-state index contributed by atoms with van der Waals surface area (Å²) < 4.78 is 17.7. The summed E-state index contributed by atoms with van der Waals surface area (Å²) in [5, 5.41) is 6.79. The van der Waals surface area contributed by atoms with Gasteiger partial charge in [-0.2, -0.15) is 0 Å². The van der Waals surface area contributed by atoms with Gasteiger partial charge in [0.15, 0.2) is 0 Å². The molecule has 2 rings (SSSR count). The predicted molar refractivity (Wildman–Crippen MR) is 269 cm³/mol. The molecular formula is C56H106N2O6.